The number of hydrogen-bond donors (Lipinski definition) is 2. The zero-order chi connectivity index (χ0) is 16.5. The molecule has 2 N–H and O–H groups in total. The van der Waals surface area contributed by atoms with E-state index in [1.165, 1.54) is 0 Å². The molecule has 0 amide bonds. The van der Waals surface area contributed by atoms with Crippen molar-refractivity contribution in [2.24, 2.45) is 5.41 Å². The molecule has 0 aliphatic heterocycles. The number of aliphatic carboxylic acids is 2. The topological polar surface area (TPSA) is 180 Å². The van der Waals surface area contributed by atoms with Crippen molar-refractivity contribution in [3.63, 3.8) is 0 Å². The van der Waals surface area contributed by atoms with Gasteiger partial charge in [0.15, 0.2) is 0 Å². The minimum Gasteiger partial charge on any atom is -0.480 e. The highest BCUT2D eigenvalue weighted by atomic mass is 16.7. The Kier molecular flexibility index (Phi) is 6.86. The van der Waals surface area contributed by atoms with E-state index in [1.807, 2.05) is 0 Å². The van der Waals surface area contributed by atoms with Crippen LogP contribution >= 0.6 is 0 Å². The molecule has 0 heterocycles. The monoisotopic (exact) mass is 308 g/mol. The van der Waals surface area contributed by atoms with Crippen molar-refractivity contribution in [3.05, 3.63) is 0 Å². The average Bonchev–Trinajstić information content (AvgIpc) is 2.39. The third kappa shape index (κ3) is 3.89. The highest BCUT2D eigenvalue weighted by Gasteiger charge is 2.64. The van der Waals surface area contributed by atoms with E-state index in [9.17, 15) is 28.8 Å². The lowest BCUT2D eigenvalue weighted by atomic mass is 9.88. The molecule has 116 valence electrons. The molecule has 0 radical (unpaired) electrons. The predicted molar refractivity (Wildman–Crippen MR) is 53.9 cm³/mol. The second-order valence-corrected chi connectivity index (χ2v) is 2.99. The summed E-state index contributed by atoms with van der Waals surface area (Å²) in [5.74, 6) is -8.97. The number of carbonyl (C=O) groups excluding carboxylic acids is 4. The van der Waals surface area contributed by atoms with Crippen molar-refractivity contribution in [1.82, 2.24) is 0 Å². The molecular weight excluding hydrogens is 300 g/mol. The van der Waals surface area contributed by atoms with Crippen LogP contribution in [0.5, 0.6) is 0 Å². The summed E-state index contributed by atoms with van der Waals surface area (Å²) in [7, 11) is 0. The second-order valence-electron chi connectivity index (χ2n) is 2.99. The average molecular weight is 308 g/mol. The fourth-order valence-electron chi connectivity index (χ4n) is 0.971. The van der Waals surface area contributed by atoms with Gasteiger partial charge in [-0.25, -0.2) is 19.2 Å². The van der Waals surface area contributed by atoms with Crippen molar-refractivity contribution in [3.8, 4) is 0 Å². The van der Waals surface area contributed by atoms with Crippen molar-refractivity contribution in [1.29, 1.82) is 0 Å². The smallest absolute Gasteiger partial charge is 0.355 e. The summed E-state index contributed by atoms with van der Waals surface area (Å²) in [6, 6.07) is 0. The van der Waals surface area contributed by atoms with Gasteiger partial charge in [-0.05, 0) is 0 Å². The molecule has 21 heavy (non-hydrogen) atoms. The van der Waals surface area contributed by atoms with Gasteiger partial charge in [0.1, 0.15) is 0 Å². The number of ether oxygens (including phenoxy) is 4. The third-order valence-electron chi connectivity index (χ3n) is 1.91. The molecule has 0 unspecified atom stereocenters. The lowest BCUT2D eigenvalue weighted by Crippen LogP contribution is -2.54. The van der Waals surface area contributed by atoms with Crippen LogP contribution in [-0.4, -0.2) is 60.6 Å². The van der Waals surface area contributed by atoms with E-state index >= 15 is 0 Å². The van der Waals surface area contributed by atoms with Gasteiger partial charge in [-0.15, -0.1) is 0 Å². The molecule has 0 fully saturated rings. The molecule has 0 aliphatic rings. The lowest BCUT2D eigenvalue weighted by Gasteiger charge is -2.20. The van der Waals surface area contributed by atoms with Gasteiger partial charge in [0.25, 0.3) is 12.9 Å². The Bertz CT molecular complexity index is 410. The highest BCUT2D eigenvalue weighted by Crippen LogP contribution is 2.23. The van der Waals surface area contributed by atoms with Crippen molar-refractivity contribution in [2.45, 2.75) is 0 Å². The highest BCUT2D eigenvalue weighted by molar-refractivity contribution is 6.32. The number of esters is 2. The van der Waals surface area contributed by atoms with Gasteiger partial charge in [-0.1, -0.05) is 0 Å². The molecule has 0 aromatic heterocycles. The molecule has 12 nitrogen and oxygen atoms in total. The minimum atomic E-state index is -3.77. The number of rotatable bonds is 10. The quantitative estimate of drug-likeness (QED) is 0.142. The van der Waals surface area contributed by atoms with Gasteiger partial charge in [0, 0.05) is 0 Å². The van der Waals surface area contributed by atoms with Gasteiger partial charge in [0.2, 0.25) is 13.6 Å². The fraction of sp³-hybridized carbons (Fsp3) is 0.333. The lowest BCUT2D eigenvalue weighted by molar-refractivity contribution is -0.195. The van der Waals surface area contributed by atoms with Crippen LogP contribution in [0.2, 0.25) is 0 Å². The molecule has 0 saturated carbocycles. The molecule has 12 heteroatoms. The summed E-state index contributed by atoms with van der Waals surface area (Å²) >= 11 is 0. The summed E-state index contributed by atoms with van der Waals surface area (Å²) < 4.78 is 15.9. The van der Waals surface area contributed by atoms with Gasteiger partial charge >= 0.3 is 29.3 Å². The summed E-state index contributed by atoms with van der Waals surface area (Å²) in [5, 5.41) is 17.7. The Hall–Kier alpha value is -3.18. The van der Waals surface area contributed by atoms with Gasteiger partial charge in [-0.3, -0.25) is 9.59 Å². The normalized spacial score (nSPS) is 9.90. The third-order valence-corrected chi connectivity index (χ3v) is 1.91. The van der Waals surface area contributed by atoms with Crippen LogP contribution < -0.4 is 0 Å². The largest absolute Gasteiger partial charge is 0.480 e. The fourth-order valence-corrected chi connectivity index (χ4v) is 0.971. The summed E-state index contributed by atoms with van der Waals surface area (Å²) in [4.78, 5) is 64.7. The summed E-state index contributed by atoms with van der Waals surface area (Å²) in [6.07, 6.45) is 0. The van der Waals surface area contributed by atoms with Crippen LogP contribution in [0.15, 0.2) is 0 Å². The maximum Gasteiger partial charge on any atom is 0.355 e. The van der Waals surface area contributed by atoms with Gasteiger partial charge < -0.3 is 29.2 Å². The van der Waals surface area contributed by atoms with E-state index in [0.717, 1.165) is 0 Å². The summed E-state index contributed by atoms with van der Waals surface area (Å²) in [6.45, 7) is -2.59. The SMILES string of the molecule is O=COCOC(=O)C(C(=O)O)(C(=O)O)C(=O)OCOC=O. The maximum atomic E-state index is 11.5. The number of hydrogen-bond acceptors (Lipinski definition) is 10. The van der Waals surface area contributed by atoms with Crippen LogP contribution in [0.3, 0.4) is 0 Å². The standard InChI is InChI=1S/C9H8O12/c10-1-18-3-20-7(16)9(5(12)13,6(14)15)8(17)21-4-19-2-11/h1-2H,3-4H2,(H,12,13)(H,14,15). The molecule has 0 rings (SSSR count). The van der Waals surface area contributed by atoms with Crippen molar-refractivity contribution >= 4 is 36.8 Å². The number of carboxylic acid groups (broad SMARTS) is 2. The molecule has 0 saturated heterocycles. The molecule has 0 aliphatic carbocycles. The zero-order valence-electron chi connectivity index (χ0n) is 10.0. The zero-order valence-corrected chi connectivity index (χ0v) is 10.0. The Morgan fingerprint density at radius 2 is 1.14 bits per heavy atom. The Morgan fingerprint density at radius 1 is 0.810 bits per heavy atom. The van der Waals surface area contributed by atoms with Gasteiger partial charge in [0.05, 0.1) is 0 Å². The molecular formula is C9H8O12. The molecule has 0 bridgehead atoms. The van der Waals surface area contributed by atoms with E-state index in [2.05, 4.69) is 18.9 Å². The summed E-state index contributed by atoms with van der Waals surface area (Å²) in [5.41, 5.74) is -3.77. The minimum absolute atomic E-state index is 0.174. The maximum absolute atomic E-state index is 11.5. The molecule has 0 spiro atoms. The van der Waals surface area contributed by atoms with E-state index in [0.29, 0.717) is 0 Å². The van der Waals surface area contributed by atoms with Crippen LogP contribution in [0.25, 0.3) is 0 Å². The molecule has 0 atom stereocenters. The predicted octanol–water partition coefficient (Wildman–Crippen LogP) is -2.51. The van der Waals surface area contributed by atoms with Crippen LogP contribution in [-0.2, 0) is 47.7 Å². The van der Waals surface area contributed by atoms with Crippen LogP contribution in [0.1, 0.15) is 0 Å². The van der Waals surface area contributed by atoms with E-state index < -0.39 is 42.9 Å². The van der Waals surface area contributed by atoms with Crippen LogP contribution in [0, 0.1) is 5.41 Å². The second kappa shape index (κ2) is 8.08. The van der Waals surface area contributed by atoms with E-state index in [1.54, 1.807) is 0 Å². The van der Waals surface area contributed by atoms with E-state index in [-0.39, 0.29) is 12.9 Å². The number of carboxylic acids is 2. The Balaban J connectivity index is 5.34. The first-order valence-corrected chi connectivity index (χ1v) is 4.77. The first kappa shape index (κ1) is 17.8. The first-order chi connectivity index (χ1) is 9.85. The Labute approximate surface area is 115 Å². The van der Waals surface area contributed by atoms with Gasteiger partial charge in [-0.2, -0.15) is 0 Å². The molecule has 0 aromatic carbocycles. The Morgan fingerprint density at radius 3 is 1.38 bits per heavy atom. The first-order valence-electron chi connectivity index (χ1n) is 4.77. The van der Waals surface area contributed by atoms with Crippen LogP contribution in [0.4, 0.5) is 0 Å². The van der Waals surface area contributed by atoms with E-state index in [4.69, 9.17) is 10.2 Å². The molecule has 0 aromatic rings. The van der Waals surface area contributed by atoms with Crippen molar-refractivity contribution < 1.29 is 57.9 Å². The van der Waals surface area contributed by atoms with Crippen molar-refractivity contribution in [2.75, 3.05) is 13.6 Å². The number of carbonyl (C=O) groups is 6.